The van der Waals surface area contributed by atoms with E-state index in [2.05, 4.69) is 0 Å². The van der Waals surface area contributed by atoms with Crippen LogP contribution in [0.2, 0.25) is 5.02 Å². The molecule has 0 aliphatic carbocycles. The second-order valence-corrected chi connectivity index (χ2v) is 5.07. The maximum absolute atomic E-state index is 10.8. The number of ether oxygens (including phenoxy) is 1. The van der Waals surface area contributed by atoms with Crippen molar-refractivity contribution in [2.24, 2.45) is 0 Å². The Balaban J connectivity index is 2.33. The van der Waals surface area contributed by atoms with Crippen molar-refractivity contribution in [2.45, 2.75) is 19.2 Å². The zero-order valence-electron chi connectivity index (χ0n) is 11.3. The highest BCUT2D eigenvalue weighted by Crippen LogP contribution is 2.31. The molecule has 0 heterocycles. The normalized spacial score (nSPS) is 10.4. The first-order chi connectivity index (χ1) is 10.0. The van der Waals surface area contributed by atoms with E-state index in [0.29, 0.717) is 22.1 Å². The molecule has 0 atom stereocenters. The number of rotatable bonds is 5. The standard InChI is InChI=1S/C15H13Cl2NO3/c1-2-10-8-13(4-5-14(10)17)21-15-6-3-12(18(19)20)7-11(15)9-16/h3-8H,2,9H2,1H3. The first-order valence-corrected chi connectivity index (χ1v) is 7.26. The van der Waals surface area contributed by atoms with E-state index >= 15 is 0 Å². The quantitative estimate of drug-likeness (QED) is 0.423. The second kappa shape index (κ2) is 6.78. The highest BCUT2D eigenvalue weighted by Gasteiger charge is 2.12. The molecule has 0 fully saturated rings. The lowest BCUT2D eigenvalue weighted by atomic mass is 10.1. The number of hydrogen-bond acceptors (Lipinski definition) is 3. The fourth-order valence-electron chi connectivity index (χ4n) is 1.90. The average Bonchev–Trinajstić information content (AvgIpc) is 2.49. The minimum Gasteiger partial charge on any atom is -0.457 e. The molecule has 0 spiro atoms. The largest absolute Gasteiger partial charge is 0.457 e. The van der Waals surface area contributed by atoms with Crippen LogP contribution in [0.15, 0.2) is 36.4 Å². The van der Waals surface area contributed by atoms with Crippen molar-refractivity contribution in [3.63, 3.8) is 0 Å². The highest BCUT2D eigenvalue weighted by molar-refractivity contribution is 6.31. The van der Waals surface area contributed by atoms with E-state index in [-0.39, 0.29) is 11.6 Å². The van der Waals surface area contributed by atoms with Gasteiger partial charge in [0.2, 0.25) is 0 Å². The molecule has 0 aliphatic rings. The van der Waals surface area contributed by atoms with Crippen LogP contribution in [0, 0.1) is 10.1 Å². The van der Waals surface area contributed by atoms with Gasteiger partial charge in [-0.05, 0) is 36.2 Å². The van der Waals surface area contributed by atoms with Gasteiger partial charge in [0.05, 0.1) is 10.8 Å². The molecule has 0 amide bonds. The third-order valence-electron chi connectivity index (χ3n) is 3.02. The Kier molecular flexibility index (Phi) is 5.04. The summed E-state index contributed by atoms with van der Waals surface area (Å²) in [6.07, 6.45) is 0.790. The van der Waals surface area contributed by atoms with Gasteiger partial charge in [0, 0.05) is 22.7 Å². The number of non-ortho nitro benzene ring substituents is 1. The van der Waals surface area contributed by atoms with Crippen LogP contribution < -0.4 is 4.74 Å². The molecular formula is C15H13Cl2NO3. The van der Waals surface area contributed by atoms with Crippen LogP contribution in [0.4, 0.5) is 5.69 Å². The smallest absolute Gasteiger partial charge is 0.270 e. The Morgan fingerprint density at radius 3 is 2.57 bits per heavy atom. The van der Waals surface area contributed by atoms with Gasteiger partial charge in [-0.15, -0.1) is 11.6 Å². The number of alkyl halides is 1. The summed E-state index contributed by atoms with van der Waals surface area (Å²) in [6.45, 7) is 2.00. The molecule has 6 heteroatoms. The summed E-state index contributed by atoms with van der Waals surface area (Å²) in [7, 11) is 0. The van der Waals surface area contributed by atoms with Crippen LogP contribution >= 0.6 is 23.2 Å². The number of nitrogens with zero attached hydrogens (tertiary/aromatic N) is 1. The Bertz CT molecular complexity index is 674. The van der Waals surface area contributed by atoms with E-state index in [1.807, 2.05) is 13.0 Å². The molecular weight excluding hydrogens is 313 g/mol. The summed E-state index contributed by atoms with van der Waals surface area (Å²) in [5.74, 6) is 1.25. The van der Waals surface area contributed by atoms with Gasteiger partial charge in [-0.1, -0.05) is 18.5 Å². The van der Waals surface area contributed by atoms with E-state index in [1.54, 1.807) is 18.2 Å². The van der Waals surface area contributed by atoms with Crippen molar-refractivity contribution in [3.05, 3.63) is 62.7 Å². The van der Waals surface area contributed by atoms with Crippen molar-refractivity contribution < 1.29 is 9.66 Å². The van der Waals surface area contributed by atoms with Gasteiger partial charge in [-0.25, -0.2) is 0 Å². The van der Waals surface area contributed by atoms with E-state index in [9.17, 15) is 10.1 Å². The Labute approximate surface area is 132 Å². The van der Waals surface area contributed by atoms with Crippen molar-refractivity contribution in [1.82, 2.24) is 0 Å². The number of nitro benzene ring substituents is 1. The Morgan fingerprint density at radius 1 is 1.19 bits per heavy atom. The number of benzene rings is 2. The first-order valence-electron chi connectivity index (χ1n) is 6.34. The molecule has 0 aliphatic heterocycles. The van der Waals surface area contributed by atoms with E-state index in [1.165, 1.54) is 12.1 Å². The van der Waals surface area contributed by atoms with Crippen molar-refractivity contribution >= 4 is 28.9 Å². The molecule has 2 aromatic carbocycles. The minimum atomic E-state index is -0.461. The molecule has 0 aromatic heterocycles. The van der Waals surface area contributed by atoms with Gasteiger partial charge in [-0.3, -0.25) is 10.1 Å². The fourth-order valence-corrected chi connectivity index (χ4v) is 2.36. The molecule has 0 unspecified atom stereocenters. The number of hydrogen-bond donors (Lipinski definition) is 0. The van der Waals surface area contributed by atoms with Gasteiger partial charge in [-0.2, -0.15) is 0 Å². The molecule has 0 radical (unpaired) electrons. The predicted molar refractivity (Wildman–Crippen MR) is 83.6 cm³/mol. The number of nitro groups is 1. The van der Waals surface area contributed by atoms with Gasteiger partial charge in [0.25, 0.3) is 5.69 Å². The van der Waals surface area contributed by atoms with Crippen molar-refractivity contribution in [3.8, 4) is 11.5 Å². The molecule has 2 aromatic rings. The molecule has 0 N–H and O–H groups in total. The molecule has 0 bridgehead atoms. The van der Waals surface area contributed by atoms with Crippen LogP contribution in [0.25, 0.3) is 0 Å². The van der Waals surface area contributed by atoms with Crippen molar-refractivity contribution in [2.75, 3.05) is 0 Å². The van der Waals surface area contributed by atoms with E-state index < -0.39 is 4.92 Å². The molecule has 2 rings (SSSR count). The SMILES string of the molecule is CCc1cc(Oc2ccc([N+](=O)[O-])cc2CCl)ccc1Cl. The van der Waals surface area contributed by atoms with Gasteiger partial charge >= 0.3 is 0 Å². The van der Waals surface area contributed by atoms with Crippen molar-refractivity contribution in [1.29, 1.82) is 0 Å². The van der Waals surface area contributed by atoms with Crippen LogP contribution in [-0.4, -0.2) is 4.92 Å². The van der Waals surface area contributed by atoms with Crippen LogP contribution in [0.5, 0.6) is 11.5 Å². The molecule has 4 nitrogen and oxygen atoms in total. The average molecular weight is 326 g/mol. The van der Waals surface area contributed by atoms with Gasteiger partial charge in [0.15, 0.2) is 0 Å². The zero-order chi connectivity index (χ0) is 15.4. The predicted octanol–water partition coefficient (Wildman–Crippen LogP) is 5.34. The summed E-state index contributed by atoms with van der Waals surface area (Å²) < 4.78 is 5.77. The summed E-state index contributed by atoms with van der Waals surface area (Å²) in [4.78, 5) is 10.3. The topological polar surface area (TPSA) is 52.4 Å². The van der Waals surface area contributed by atoms with Gasteiger partial charge in [0.1, 0.15) is 11.5 Å². The van der Waals surface area contributed by atoms with E-state index in [0.717, 1.165) is 12.0 Å². The molecule has 0 saturated heterocycles. The lowest BCUT2D eigenvalue weighted by Crippen LogP contribution is -1.94. The molecule has 21 heavy (non-hydrogen) atoms. The lowest BCUT2D eigenvalue weighted by Gasteiger charge is -2.11. The third kappa shape index (κ3) is 3.65. The third-order valence-corrected chi connectivity index (χ3v) is 3.68. The number of aryl methyl sites for hydroxylation is 1. The lowest BCUT2D eigenvalue weighted by molar-refractivity contribution is -0.384. The summed E-state index contributed by atoms with van der Waals surface area (Å²) in [6, 6.07) is 9.72. The minimum absolute atomic E-state index is 0.0108. The van der Waals surface area contributed by atoms with Crippen LogP contribution in [-0.2, 0) is 12.3 Å². The van der Waals surface area contributed by atoms with Crippen LogP contribution in [0.1, 0.15) is 18.1 Å². The summed E-state index contributed by atoms with van der Waals surface area (Å²) in [5, 5.41) is 11.5. The van der Waals surface area contributed by atoms with E-state index in [4.69, 9.17) is 27.9 Å². The molecule has 0 saturated carbocycles. The maximum atomic E-state index is 10.8. The summed E-state index contributed by atoms with van der Waals surface area (Å²) in [5.41, 5.74) is 1.53. The van der Waals surface area contributed by atoms with Gasteiger partial charge < -0.3 is 4.74 Å². The second-order valence-electron chi connectivity index (χ2n) is 4.39. The van der Waals surface area contributed by atoms with Crippen LogP contribution in [0.3, 0.4) is 0 Å². The maximum Gasteiger partial charge on any atom is 0.270 e. The molecule has 110 valence electrons. The summed E-state index contributed by atoms with van der Waals surface area (Å²) >= 11 is 11.9. The highest BCUT2D eigenvalue weighted by atomic mass is 35.5. The number of halogens is 2. The first kappa shape index (κ1) is 15.6. The monoisotopic (exact) mass is 325 g/mol. The Morgan fingerprint density at radius 2 is 1.95 bits per heavy atom. The zero-order valence-corrected chi connectivity index (χ0v) is 12.8. The Hall–Kier alpha value is -1.78. The fraction of sp³-hybridized carbons (Fsp3) is 0.200.